The third-order valence-electron chi connectivity index (χ3n) is 3.94. The highest BCUT2D eigenvalue weighted by Gasteiger charge is 2.09. The Bertz CT molecular complexity index is 964. The predicted octanol–water partition coefficient (Wildman–Crippen LogP) is 6.64. The number of rotatable bonds is 2. The number of hydrogen-bond acceptors (Lipinski definition) is 1. The van der Waals surface area contributed by atoms with Gasteiger partial charge >= 0.3 is 0 Å². The van der Waals surface area contributed by atoms with E-state index >= 15 is 0 Å². The molecule has 0 aliphatic heterocycles. The van der Waals surface area contributed by atoms with Crippen molar-refractivity contribution in [3.8, 4) is 22.4 Å². The molecule has 118 valence electrons. The average molecular weight is 352 g/mol. The highest BCUT2D eigenvalue weighted by molar-refractivity contribution is 6.30. The lowest BCUT2D eigenvalue weighted by atomic mass is 9.98. The molecule has 1 heterocycles. The van der Waals surface area contributed by atoms with Gasteiger partial charge in [-0.25, -0.2) is 4.98 Å². The second-order valence-corrected chi connectivity index (χ2v) is 5.88. The molecule has 3 aromatic carbocycles. The molecule has 0 saturated heterocycles. The molecule has 0 fully saturated rings. The molecule has 1 nitrogen and oxygen atoms in total. The first-order chi connectivity index (χ1) is 11.3. The van der Waals surface area contributed by atoms with Crippen LogP contribution < -0.4 is 0 Å². The Kier molecular flexibility index (Phi) is 4.84. The standard InChI is InChI=1S/C21H14ClN.ClH/c22-17-12-10-16(11-13-17)21-14-19(15-6-2-1-3-7-15)18-8-4-5-9-20(18)23-21;/h1-14H;1H. The molecule has 24 heavy (non-hydrogen) atoms. The molecule has 0 radical (unpaired) electrons. The van der Waals surface area contributed by atoms with Gasteiger partial charge in [-0.1, -0.05) is 72.3 Å². The van der Waals surface area contributed by atoms with Gasteiger partial charge in [0.25, 0.3) is 0 Å². The lowest BCUT2D eigenvalue weighted by molar-refractivity contribution is 1.40. The quantitative estimate of drug-likeness (QED) is 0.394. The van der Waals surface area contributed by atoms with Gasteiger partial charge in [-0.15, -0.1) is 12.4 Å². The first kappa shape index (κ1) is 16.5. The van der Waals surface area contributed by atoms with Crippen molar-refractivity contribution in [1.82, 2.24) is 4.98 Å². The van der Waals surface area contributed by atoms with E-state index in [0.29, 0.717) is 0 Å². The minimum absolute atomic E-state index is 0. The molecule has 0 atom stereocenters. The number of para-hydroxylation sites is 1. The summed E-state index contributed by atoms with van der Waals surface area (Å²) in [5.74, 6) is 0. The summed E-state index contributed by atoms with van der Waals surface area (Å²) in [7, 11) is 0. The van der Waals surface area contributed by atoms with Gasteiger partial charge < -0.3 is 0 Å². The summed E-state index contributed by atoms with van der Waals surface area (Å²) in [6.07, 6.45) is 0. The molecule has 0 amide bonds. The molecule has 0 unspecified atom stereocenters. The maximum Gasteiger partial charge on any atom is 0.0715 e. The van der Waals surface area contributed by atoms with Crippen molar-refractivity contribution in [2.75, 3.05) is 0 Å². The van der Waals surface area contributed by atoms with Crippen LogP contribution in [-0.2, 0) is 0 Å². The van der Waals surface area contributed by atoms with E-state index in [4.69, 9.17) is 16.6 Å². The Hall–Kier alpha value is -2.35. The summed E-state index contributed by atoms with van der Waals surface area (Å²) in [6.45, 7) is 0. The molecule has 0 bridgehead atoms. The highest BCUT2D eigenvalue weighted by Crippen LogP contribution is 2.32. The summed E-state index contributed by atoms with van der Waals surface area (Å²) >= 11 is 6.00. The molecular weight excluding hydrogens is 337 g/mol. The van der Waals surface area contributed by atoms with Crippen molar-refractivity contribution < 1.29 is 0 Å². The number of aromatic nitrogens is 1. The van der Waals surface area contributed by atoms with Gasteiger partial charge in [0, 0.05) is 16.0 Å². The van der Waals surface area contributed by atoms with E-state index in [2.05, 4.69) is 48.5 Å². The van der Waals surface area contributed by atoms with E-state index in [1.54, 1.807) is 0 Å². The maximum absolute atomic E-state index is 6.00. The third kappa shape index (κ3) is 3.14. The van der Waals surface area contributed by atoms with Crippen LogP contribution in [0.25, 0.3) is 33.3 Å². The van der Waals surface area contributed by atoms with E-state index in [1.165, 1.54) is 11.1 Å². The minimum Gasteiger partial charge on any atom is -0.248 e. The van der Waals surface area contributed by atoms with Crippen molar-refractivity contribution in [2.45, 2.75) is 0 Å². The summed E-state index contributed by atoms with van der Waals surface area (Å²) < 4.78 is 0. The first-order valence-electron chi connectivity index (χ1n) is 7.52. The molecule has 4 rings (SSSR count). The van der Waals surface area contributed by atoms with Gasteiger partial charge in [-0.2, -0.15) is 0 Å². The monoisotopic (exact) mass is 351 g/mol. The van der Waals surface area contributed by atoms with Crippen LogP contribution >= 0.6 is 24.0 Å². The van der Waals surface area contributed by atoms with Gasteiger partial charge in [0.05, 0.1) is 11.2 Å². The van der Waals surface area contributed by atoms with Crippen LogP contribution in [0, 0.1) is 0 Å². The maximum atomic E-state index is 6.00. The molecule has 0 spiro atoms. The third-order valence-corrected chi connectivity index (χ3v) is 4.19. The topological polar surface area (TPSA) is 12.9 Å². The normalized spacial score (nSPS) is 10.4. The van der Waals surface area contributed by atoms with Crippen LogP contribution in [0.15, 0.2) is 84.9 Å². The first-order valence-corrected chi connectivity index (χ1v) is 7.90. The second kappa shape index (κ2) is 7.04. The molecule has 1 aromatic heterocycles. The summed E-state index contributed by atoms with van der Waals surface area (Å²) in [5, 5.41) is 1.90. The largest absolute Gasteiger partial charge is 0.248 e. The molecule has 0 N–H and O–H groups in total. The number of benzene rings is 3. The van der Waals surface area contributed by atoms with E-state index in [0.717, 1.165) is 27.2 Å². The van der Waals surface area contributed by atoms with Crippen molar-refractivity contribution in [3.05, 3.63) is 90.0 Å². The summed E-state index contributed by atoms with van der Waals surface area (Å²) in [6, 6.07) is 28.6. The number of fused-ring (bicyclic) bond motifs is 1. The van der Waals surface area contributed by atoms with Gasteiger partial charge in [-0.3, -0.25) is 0 Å². The molecule has 4 aromatic rings. The van der Waals surface area contributed by atoms with Gasteiger partial charge in [0.1, 0.15) is 0 Å². The van der Waals surface area contributed by atoms with Crippen LogP contribution in [0.5, 0.6) is 0 Å². The fourth-order valence-electron chi connectivity index (χ4n) is 2.80. The number of halogens is 2. The van der Waals surface area contributed by atoms with Crippen molar-refractivity contribution >= 4 is 34.9 Å². The fourth-order valence-corrected chi connectivity index (χ4v) is 2.93. The molecular formula is C21H15Cl2N. The zero-order valence-corrected chi connectivity index (χ0v) is 14.4. The van der Waals surface area contributed by atoms with E-state index in [9.17, 15) is 0 Å². The fraction of sp³-hybridized carbons (Fsp3) is 0. The van der Waals surface area contributed by atoms with Crippen LogP contribution in [0.4, 0.5) is 0 Å². The molecule has 3 heteroatoms. The zero-order chi connectivity index (χ0) is 15.6. The predicted molar refractivity (Wildman–Crippen MR) is 105 cm³/mol. The Balaban J connectivity index is 0.00000169. The summed E-state index contributed by atoms with van der Waals surface area (Å²) in [5.41, 5.74) is 5.41. The minimum atomic E-state index is 0. The lowest BCUT2D eigenvalue weighted by Gasteiger charge is -2.10. The Morgan fingerprint density at radius 1 is 0.667 bits per heavy atom. The Morgan fingerprint density at radius 2 is 1.33 bits per heavy atom. The van der Waals surface area contributed by atoms with Crippen LogP contribution in [0.2, 0.25) is 5.02 Å². The smallest absolute Gasteiger partial charge is 0.0715 e. The number of pyridine rings is 1. The zero-order valence-electron chi connectivity index (χ0n) is 12.8. The molecule has 0 saturated carbocycles. The van der Waals surface area contributed by atoms with Crippen LogP contribution in [0.3, 0.4) is 0 Å². The SMILES string of the molecule is Cl.Clc1ccc(-c2cc(-c3ccccc3)c3ccccc3n2)cc1. The van der Waals surface area contributed by atoms with Crippen molar-refractivity contribution in [3.63, 3.8) is 0 Å². The number of nitrogens with zero attached hydrogens (tertiary/aromatic N) is 1. The van der Waals surface area contributed by atoms with E-state index < -0.39 is 0 Å². The van der Waals surface area contributed by atoms with Crippen LogP contribution in [-0.4, -0.2) is 4.98 Å². The highest BCUT2D eigenvalue weighted by atomic mass is 35.5. The van der Waals surface area contributed by atoms with Crippen molar-refractivity contribution in [1.29, 1.82) is 0 Å². The molecule has 0 aliphatic carbocycles. The average Bonchev–Trinajstić information content (AvgIpc) is 2.62. The lowest BCUT2D eigenvalue weighted by Crippen LogP contribution is -1.89. The summed E-state index contributed by atoms with van der Waals surface area (Å²) in [4.78, 5) is 4.82. The second-order valence-electron chi connectivity index (χ2n) is 5.45. The van der Waals surface area contributed by atoms with Gasteiger partial charge in [0.2, 0.25) is 0 Å². The molecule has 0 aliphatic rings. The van der Waals surface area contributed by atoms with Gasteiger partial charge in [-0.05, 0) is 35.4 Å². The Labute approximate surface area is 152 Å². The van der Waals surface area contributed by atoms with E-state index in [-0.39, 0.29) is 12.4 Å². The van der Waals surface area contributed by atoms with Crippen molar-refractivity contribution in [2.24, 2.45) is 0 Å². The van der Waals surface area contributed by atoms with E-state index in [1.807, 2.05) is 36.4 Å². The Morgan fingerprint density at radius 3 is 2.08 bits per heavy atom. The number of hydrogen-bond donors (Lipinski definition) is 0. The van der Waals surface area contributed by atoms with Gasteiger partial charge in [0.15, 0.2) is 0 Å². The van der Waals surface area contributed by atoms with Crippen LogP contribution in [0.1, 0.15) is 0 Å².